The molecule has 3 saturated carbocycles. The molecule has 0 radical (unpaired) electrons. The fourth-order valence-electron chi connectivity index (χ4n) is 7.68. The van der Waals surface area contributed by atoms with Crippen molar-refractivity contribution in [3.05, 3.63) is 71.8 Å². The van der Waals surface area contributed by atoms with Crippen molar-refractivity contribution >= 4 is 11.9 Å². The van der Waals surface area contributed by atoms with E-state index in [1.165, 1.54) is 0 Å². The van der Waals surface area contributed by atoms with Gasteiger partial charge in [-0.2, -0.15) is 0 Å². The molecule has 224 valence electrons. The van der Waals surface area contributed by atoms with Crippen LogP contribution in [0.1, 0.15) is 40.5 Å². The first-order valence-corrected chi connectivity index (χ1v) is 13.9. The Morgan fingerprint density at radius 2 is 1.50 bits per heavy atom. The van der Waals surface area contributed by atoms with Crippen LogP contribution < -0.4 is 0 Å². The van der Waals surface area contributed by atoms with E-state index in [-0.39, 0.29) is 19.4 Å². The molecule has 4 saturated heterocycles. The molecule has 7 aliphatic rings. The van der Waals surface area contributed by atoms with Crippen LogP contribution in [0.5, 0.6) is 0 Å². The quantitative estimate of drug-likeness (QED) is 0.318. The molecule has 3 aliphatic carbocycles. The summed E-state index contributed by atoms with van der Waals surface area (Å²) >= 11 is 0. The molecule has 4 aliphatic heterocycles. The summed E-state index contributed by atoms with van der Waals surface area (Å²) in [7, 11) is 0. The summed E-state index contributed by atoms with van der Waals surface area (Å²) < 4.78 is 35.7. The Bertz CT molecular complexity index is 1370. The zero-order valence-corrected chi connectivity index (χ0v) is 22.7. The van der Waals surface area contributed by atoms with E-state index in [1.54, 1.807) is 67.6 Å². The zero-order valence-electron chi connectivity index (χ0n) is 22.7. The molecule has 9 rings (SSSR count). The van der Waals surface area contributed by atoms with Crippen LogP contribution >= 0.6 is 0 Å². The summed E-state index contributed by atoms with van der Waals surface area (Å²) in [6.45, 7) is 1.12. The van der Waals surface area contributed by atoms with Crippen LogP contribution in [0.15, 0.2) is 60.7 Å². The lowest BCUT2D eigenvalue weighted by atomic mass is 9.41. The molecule has 0 unspecified atom stereocenters. The monoisotopic (exact) mass is 584 g/mol. The van der Waals surface area contributed by atoms with Gasteiger partial charge in [0.1, 0.15) is 48.8 Å². The van der Waals surface area contributed by atoms with Crippen LogP contribution in [-0.4, -0.2) is 99.6 Å². The van der Waals surface area contributed by atoms with Crippen LogP contribution in [-0.2, 0) is 28.4 Å². The fraction of sp³-hybridized carbons (Fsp3) is 0.533. The van der Waals surface area contributed by atoms with Gasteiger partial charge in [-0.25, -0.2) is 9.59 Å². The summed E-state index contributed by atoms with van der Waals surface area (Å²) in [5, 5.41) is 43.6. The van der Waals surface area contributed by atoms with Crippen LogP contribution in [0.3, 0.4) is 0 Å². The Morgan fingerprint density at radius 1 is 0.881 bits per heavy atom. The number of hydrogen-bond acceptors (Lipinski definition) is 12. The summed E-state index contributed by atoms with van der Waals surface area (Å²) in [4.78, 5) is 25.4. The lowest BCUT2D eigenvalue weighted by Crippen LogP contribution is -2.80. The smallest absolute Gasteiger partial charge is 0.338 e. The Hall–Kier alpha value is -2.94. The van der Waals surface area contributed by atoms with Crippen molar-refractivity contribution in [2.45, 2.75) is 73.8 Å². The third kappa shape index (κ3) is 3.70. The maximum Gasteiger partial charge on any atom is 0.338 e. The maximum atomic E-state index is 12.9. The van der Waals surface area contributed by atoms with Crippen molar-refractivity contribution in [2.24, 2.45) is 11.3 Å². The molecule has 2 aromatic carbocycles. The highest BCUT2D eigenvalue weighted by atomic mass is 16.8. The van der Waals surface area contributed by atoms with E-state index in [2.05, 4.69) is 0 Å². The van der Waals surface area contributed by atoms with Crippen molar-refractivity contribution < 1.29 is 58.4 Å². The van der Waals surface area contributed by atoms with Gasteiger partial charge in [-0.15, -0.1) is 0 Å². The number of aliphatic hydroxyl groups excluding tert-OH is 3. The number of rotatable bonds is 8. The number of benzene rings is 2. The fourth-order valence-corrected chi connectivity index (χ4v) is 7.68. The van der Waals surface area contributed by atoms with Crippen molar-refractivity contribution in [3.63, 3.8) is 0 Å². The summed E-state index contributed by atoms with van der Waals surface area (Å²) in [6.07, 6.45) is -8.34. The standard InChI is InChI=1S/C30H32O12/c1-27-14-29(36)19-12-30(27,28(19,26(41-27)42-29)15-38-24(35)17-10-6-3-7-11-17)40-25-22(33)21(32)20(31)18(39-25)13-37-23(34)16-8-4-2-5-9-16/h2-11,18-22,25-26,31-33,36H,12-15H2,1H3/t18-,19+,20-,21+,22-,25+,26+,27+,28-,29-,30+/m1/s1. The van der Waals surface area contributed by atoms with Gasteiger partial charge in [0.15, 0.2) is 18.4 Å². The van der Waals surface area contributed by atoms with Gasteiger partial charge < -0.3 is 48.8 Å². The van der Waals surface area contributed by atoms with E-state index >= 15 is 0 Å². The van der Waals surface area contributed by atoms with E-state index < -0.39 is 83.9 Å². The molecule has 2 aromatic rings. The van der Waals surface area contributed by atoms with Gasteiger partial charge in [-0.1, -0.05) is 36.4 Å². The third-order valence-electron chi connectivity index (χ3n) is 9.78. The average molecular weight is 585 g/mol. The zero-order chi connectivity index (χ0) is 29.5. The summed E-state index contributed by atoms with van der Waals surface area (Å²) in [5.41, 5.74) is -2.88. The number of carbonyl (C=O) groups excluding carboxylic acids is 2. The molecule has 6 bridgehead atoms. The molecule has 4 heterocycles. The largest absolute Gasteiger partial charge is 0.461 e. The molecular weight excluding hydrogens is 552 g/mol. The van der Waals surface area contributed by atoms with Gasteiger partial charge in [-0.05, 0) is 37.6 Å². The predicted octanol–water partition coefficient (Wildman–Crippen LogP) is 0.507. The Balaban J connectivity index is 1.13. The van der Waals surface area contributed by atoms with Crippen molar-refractivity contribution in [2.75, 3.05) is 13.2 Å². The number of ether oxygens (including phenoxy) is 6. The lowest BCUT2D eigenvalue weighted by Gasteiger charge is -2.67. The number of aliphatic hydroxyl groups is 4. The maximum absolute atomic E-state index is 12.9. The second-order valence-electron chi connectivity index (χ2n) is 12.0. The first-order chi connectivity index (χ1) is 20.0. The van der Waals surface area contributed by atoms with Crippen molar-refractivity contribution in [3.8, 4) is 0 Å². The number of carbonyl (C=O) groups is 2. The molecule has 7 fully saturated rings. The van der Waals surface area contributed by atoms with Gasteiger partial charge in [0.25, 0.3) is 0 Å². The number of hydrogen-bond donors (Lipinski definition) is 4. The van der Waals surface area contributed by atoms with E-state index in [1.807, 2.05) is 0 Å². The van der Waals surface area contributed by atoms with E-state index in [4.69, 9.17) is 28.4 Å². The molecule has 0 aromatic heterocycles. The minimum atomic E-state index is -1.69. The SMILES string of the molecule is C[C@@]12C[C@@]3(O)O[C@H](O1)[C@@]1(COC(=O)c4ccccc4)[C@@H]3C[C@@]12O[C@@H]1O[C@H](COC(=O)c2ccccc2)[C@@H](O)[C@H](O)[C@H]1O. The van der Waals surface area contributed by atoms with Crippen LogP contribution in [0.2, 0.25) is 0 Å². The topological polar surface area (TPSA) is 170 Å². The minimum absolute atomic E-state index is 0.0572. The van der Waals surface area contributed by atoms with Crippen LogP contribution in [0, 0.1) is 11.3 Å². The highest BCUT2D eigenvalue weighted by molar-refractivity contribution is 5.89. The summed E-state index contributed by atoms with van der Waals surface area (Å²) in [6, 6.07) is 16.7. The van der Waals surface area contributed by atoms with Gasteiger partial charge in [-0.3, -0.25) is 0 Å². The highest BCUT2D eigenvalue weighted by Gasteiger charge is 2.94. The highest BCUT2D eigenvalue weighted by Crippen LogP contribution is 2.81. The first kappa shape index (κ1) is 27.9. The molecule has 42 heavy (non-hydrogen) atoms. The Labute approximate surface area is 240 Å². The normalized spacial score (nSPS) is 44.5. The van der Waals surface area contributed by atoms with Crippen molar-refractivity contribution in [1.82, 2.24) is 0 Å². The van der Waals surface area contributed by atoms with E-state index in [0.717, 1.165) is 0 Å². The second kappa shape index (κ2) is 9.53. The van der Waals surface area contributed by atoms with Gasteiger partial charge in [0, 0.05) is 12.3 Å². The second-order valence-corrected chi connectivity index (χ2v) is 12.0. The van der Waals surface area contributed by atoms with E-state index in [9.17, 15) is 30.0 Å². The molecule has 4 N–H and O–H groups in total. The first-order valence-electron chi connectivity index (χ1n) is 13.9. The Kier molecular flexibility index (Phi) is 6.32. The molecular formula is C30H32O12. The van der Waals surface area contributed by atoms with Crippen LogP contribution in [0.25, 0.3) is 0 Å². The minimum Gasteiger partial charge on any atom is -0.461 e. The van der Waals surface area contributed by atoms with Crippen LogP contribution in [0.4, 0.5) is 0 Å². The number of esters is 2. The lowest BCUT2D eigenvalue weighted by molar-refractivity contribution is -0.424. The van der Waals surface area contributed by atoms with Gasteiger partial charge in [0.05, 0.1) is 16.5 Å². The summed E-state index contributed by atoms with van der Waals surface area (Å²) in [5.74, 6) is -3.25. The molecule has 0 amide bonds. The third-order valence-corrected chi connectivity index (χ3v) is 9.78. The Morgan fingerprint density at radius 3 is 2.14 bits per heavy atom. The molecule has 12 heteroatoms. The van der Waals surface area contributed by atoms with Gasteiger partial charge in [0.2, 0.25) is 0 Å². The molecule has 12 nitrogen and oxygen atoms in total. The van der Waals surface area contributed by atoms with Crippen molar-refractivity contribution in [1.29, 1.82) is 0 Å². The molecule has 0 spiro atoms. The van der Waals surface area contributed by atoms with Gasteiger partial charge >= 0.3 is 11.9 Å². The van der Waals surface area contributed by atoms with E-state index in [0.29, 0.717) is 11.1 Å². The average Bonchev–Trinajstić information content (AvgIpc) is 3.18. The molecule has 11 atom stereocenters. The predicted molar refractivity (Wildman–Crippen MR) is 138 cm³/mol.